The molecule has 2 aromatic rings. The van der Waals surface area contributed by atoms with Crippen LogP contribution in [0.2, 0.25) is 0 Å². The van der Waals surface area contributed by atoms with Gasteiger partial charge in [0.05, 0.1) is 17.9 Å². The van der Waals surface area contributed by atoms with E-state index in [-0.39, 0.29) is 23.1 Å². The quantitative estimate of drug-likeness (QED) is 0.0753. The monoisotopic (exact) mass is 553 g/mol. The average Bonchev–Trinajstić information content (AvgIpc) is 3.27. The van der Waals surface area contributed by atoms with Crippen molar-refractivity contribution in [1.82, 2.24) is 25.7 Å². The number of alkyl carbamates (subject to hydrolysis) is 1. The molecule has 2 unspecified atom stereocenters. The Morgan fingerprint density at radius 1 is 1.34 bits per heavy atom. The van der Waals surface area contributed by atoms with Crippen molar-refractivity contribution in [1.29, 1.82) is 0 Å². The highest BCUT2D eigenvalue weighted by molar-refractivity contribution is 7.13. The normalized spacial score (nSPS) is 17.1. The van der Waals surface area contributed by atoms with E-state index in [0.717, 1.165) is 23.6 Å². The first-order chi connectivity index (χ1) is 17.8. The number of aromatic nitrogens is 2. The van der Waals surface area contributed by atoms with E-state index in [0.29, 0.717) is 4.73 Å². The Labute approximate surface area is 216 Å². The van der Waals surface area contributed by atoms with E-state index in [1.165, 1.54) is 19.2 Å². The molecule has 0 spiro atoms. The summed E-state index contributed by atoms with van der Waals surface area (Å²) in [6.07, 6.45) is -0.234. The van der Waals surface area contributed by atoms with Crippen LogP contribution in [0.3, 0.4) is 0 Å². The van der Waals surface area contributed by atoms with Crippen molar-refractivity contribution in [2.45, 2.75) is 38.1 Å². The number of hydrogen-bond donors (Lipinski definition) is 7. The topological polar surface area (TPSA) is 257 Å². The molecule has 1 aliphatic rings. The molecule has 18 heteroatoms. The van der Waals surface area contributed by atoms with Crippen LogP contribution in [0.5, 0.6) is 5.75 Å². The van der Waals surface area contributed by atoms with Gasteiger partial charge in [-0.25, -0.2) is 14.6 Å². The summed E-state index contributed by atoms with van der Waals surface area (Å²) in [5, 5.41) is 40.5. The van der Waals surface area contributed by atoms with E-state index < -0.39 is 65.1 Å². The summed E-state index contributed by atoms with van der Waals surface area (Å²) >= 11 is 0.993. The maximum absolute atomic E-state index is 12.9. The number of carbonyl (C=O) groups excluding carboxylic acids is 3. The lowest BCUT2D eigenvalue weighted by Gasteiger charge is -2.37. The van der Waals surface area contributed by atoms with Crippen LogP contribution in [-0.2, 0) is 30.6 Å². The van der Waals surface area contributed by atoms with Gasteiger partial charge in [0.1, 0.15) is 18.3 Å². The maximum atomic E-state index is 12.9. The standard InChI is InChI=1S/C20H23N7O10S/c1-20(2,17(32)33)37-26-14(10-7-38-18(21)24-10)16(31)25-13-9(23-15(13)30)4-22-19(34)36-6-8-3-11(28)12(29)5-27(8)35/h3,5,7,9,13,29,35H,4,6H2,1-2H3,(H2,21,24)(H,22,34)(H,23,30)(H,25,31)(H,32,33). The highest BCUT2D eigenvalue weighted by Crippen LogP contribution is 2.16. The van der Waals surface area contributed by atoms with Gasteiger partial charge in [0, 0.05) is 18.0 Å². The summed E-state index contributed by atoms with van der Waals surface area (Å²) in [5.41, 5.74) is 2.48. The first-order valence-corrected chi connectivity index (χ1v) is 11.5. The molecule has 204 valence electrons. The molecule has 0 radical (unpaired) electrons. The molecule has 17 nitrogen and oxygen atoms in total. The zero-order valence-electron chi connectivity index (χ0n) is 19.8. The third-order valence-corrected chi connectivity index (χ3v) is 5.74. The van der Waals surface area contributed by atoms with Crippen LogP contribution in [0, 0.1) is 0 Å². The fraction of sp³-hybridized carbons (Fsp3) is 0.350. The summed E-state index contributed by atoms with van der Waals surface area (Å²) < 4.78 is 5.31. The number of nitrogen functional groups attached to an aromatic ring is 1. The highest BCUT2D eigenvalue weighted by atomic mass is 32.1. The van der Waals surface area contributed by atoms with E-state index in [4.69, 9.17) is 15.3 Å². The van der Waals surface area contributed by atoms with Gasteiger partial charge in [0.2, 0.25) is 16.9 Å². The zero-order chi connectivity index (χ0) is 28.2. The predicted molar refractivity (Wildman–Crippen MR) is 127 cm³/mol. The van der Waals surface area contributed by atoms with Crippen molar-refractivity contribution in [2.75, 3.05) is 12.3 Å². The number of aliphatic carboxylic acids is 1. The molecule has 2 aromatic heterocycles. The Bertz CT molecular complexity index is 1350. The summed E-state index contributed by atoms with van der Waals surface area (Å²) in [7, 11) is 0. The number of β-lactam (4-membered cyclic amide) rings is 1. The molecule has 8 N–H and O–H groups in total. The van der Waals surface area contributed by atoms with Crippen molar-refractivity contribution >= 4 is 46.1 Å². The Morgan fingerprint density at radius 3 is 2.66 bits per heavy atom. The molecule has 0 aliphatic carbocycles. The largest absolute Gasteiger partial charge is 0.503 e. The van der Waals surface area contributed by atoms with Crippen molar-refractivity contribution in [3.05, 3.63) is 39.3 Å². The number of thiazole rings is 1. The Balaban J connectivity index is 1.60. The molecule has 1 fully saturated rings. The molecule has 0 bridgehead atoms. The smallest absolute Gasteiger partial charge is 0.407 e. The molecule has 3 amide bonds. The van der Waals surface area contributed by atoms with Gasteiger partial charge in [0.25, 0.3) is 5.91 Å². The number of rotatable bonds is 10. The number of oxime groups is 1. The number of pyridine rings is 1. The molecule has 2 atom stereocenters. The number of aromatic hydroxyl groups is 1. The summed E-state index contributed by atoms with van der Waals surface area (Å²) in [5.74, 6) is -3.53. The number of anilines is 1. The zero-order valence-corrected chi connectivity index (χ0v) is 20.6. The van der Waals surface area contributed by atoms with E-state index in [2.05, 4.69) is 26.1 Å². The van der Waals surface area contributed by atoms with E-state index >= 15 is 0 Å². The lowest BCUT2D eigenvalue weighted by molar-refractivity contribution is -0.161. The number of carboxylic acid groups (broad SMARTS) is 1. The Morgan fingerprint density at radius 2 is 2.05 bits per heavy atom. The van der Waals surface area contributed by atoms with Crippen molar-refractivity contribution < 1.29 is 44.2 Å². The molecule has 0 saturated carbocycles. The SMILES string of the molecule is CC(C)(ON=C(C(=O)NC1C(=O)NC1CNC(=O)OCc1cc(=O)c(O)cn1O)c1csc(N)n1)C(=O)O. The van der Waals surface area contributed by atoms with Crippen LogP contribution in [-0.4, -0.2) is 79.0 Å². The minimum Gasteiger partial charge on any atom is -0.503 e. The molecule has 1 saturated heterocycles. The van der Waals surface area contributed by atoms with Crippen LogP contribution in [0.25, 0.3) is 0 Å². The second-order valence-electron chi connectivity index (χ2n) is 8.30. The minimum atomic E-state index is -1.78. The van der Waals surface area contributed by atoms with Gasteiger partial charge in [0.15, 0.2) is 16.6 Å². The Hall–Kier alpha value is -4.87. The van der Waals surface area contributed by atoms with Gasteiger partial charge in [-0.05, 0) is 13.8 Å². The van der Waals surface area contributed by atoms with Crippen molar-refractivity contribution in [3.63, 3.8) is 0 Å². The van der Waals surface area contributed by atoms with Gasteiger partial charge in [-0.1, -0.05) is 5.16 Å². The molecule has 3 rings (SSSR count). The third kappa shape index (κ3) is 6.46. The Kier molecular flexibility index (Phi) is 8.04. The van der Waals surface area contributed by atoms with Gasteiger partial charge < -0.3 is 46.7 Å². The maximum Gasteiger partial charge on any atom is 0.407 e. The van der Waals surface area contributed by atoms with E-state index in [1.54, 1.807) is 0 Å². The van der Waals surface area contributed by atoms with Crippen LogP contribution in [0.1, 0.15) is 25.2 Å². The lowest BCUT2D eigenvalue weighted by Crippen LogP contribution is -2.72. The third-order valence-electron chi connectivity index (χ3n) is 5.07. The number of carbonyl (C=O) groups is 4. The number of ether oxygens (including phenoxy) is 1. The highest BCUT2D eigenvalue weighted by Gasteiger charge is 2.41. The summed E-state index contributed by atoms with van der Waals surface area (Å²) in [6.45, 7) is 1.73. The predicted octanol–water partition coefficient (Wildman–Crippen LogP) is -1.68. The van der Waals surface area contributed by atoms with Gasteiger partial charge in [-0.3, -0.25) is 14.4 Å². The number of nitrogens with zero attached hydrogens (tertiary/aromatic N) is 3. The molecule has 3 heterocycles. The first-order valence-electron chi connectivity index (χ1n) is 10.6. The molecule has 38 heavy (non-hydrogen) atoms. The van der Waals surface area contributed by atoms with Crippen LogP contribution < -0.4 is 27.1 Å². The molecule has 0 aromatic carbocycles. The van der Waals surface area contributed by atoms with E-state index in [9.17, 15) is 39.4 Å². The summed E-state index contributed by atoms with van der Waals surface area (Å²) in [4.78, 5) is 68.7. The average molecular weight is 554 g/mol. The molecular formula is C20H23N7O10S. The fourth-order valence-electron chi connectivity index (χ4n) is 2.83. The van der Waals surface area contributed by atoms with Gasteiger partial charge in [-0.2, -0.15) is 4.73 Å². The molecular weight excluding hydrogens is 530 g/mol. The van der Waals surface area contributed by atoms with Crippen LogP contribution >= 0.6 is 11.3 Å². The number of nitrogens with one attached hydrogen (secondary N) is 3. The second-order valence-corrected chi connectivity index (χ2v) is 9.19. The van der Waals surface area contributed by atoms with Gasteiger partial charge in [-0.15, -0.1) is 11.3 Å². The van der Waals surface area contributed by atoms with Crippen LogP contribution in [0.4, 0.5) is 9.93 Å². The second kappa shape index (κ2) is 11.0. The molecule has 1 aliphatic heterocycles. The van der Waals surface area contributed by atoms with Gasteiger partial charge >= 0.3 is 12.1 Å². The summed E-state index contributed by atoms with van der Waals surface area (Å²) in [6, 6.07) is -1.01. The van der Waals surface area contributed by atoms with E-state index in [1.807, 2.05) is 0 Å². The number of amides is 3. The van der Waals surface area contributed by atoms with Crippen molar-refractivity contribution in [2.24, 2.45) is 5.16 Å². The minimum absolute atomic E-state index is 0.0132. The number of nitrogens with two attached hydrogens (primary N) is 1. The number of carboxylic acids is 1. The number of hydrogen-bond acceptors (Lipinski definition) is 13. The first kappa shape index (κ1) is 27.7. The van der Waals surface area contributed by atoms with Crippen LogP contribution in [0.15, 0.2) is 27.6 Å². The lowest BCUT2D eigenvalue weighted by atomic mass is 9.98. The fourth-order valence-corrected chi connectivity index (χ4v) is 3.38. The van der Waals surface area contributed by atoms with Crippen molar-refractivity contribution in [3.8, 4) is 5.75 Å².